The highest BCUT2D eigenvalue weighted by atomic mass is 16.5. The fraction of sp³-hybridized carbons (Fsp3) is 0.857. The van der Waals surface area contributed by atoms with E-state index in [1.54, 1.807) is 6.92 Å². The first-order valence-electron chi connectivity index (χ1n) is 3.58. The van der Waals surface area contributed by atoms with Crippen molar-refractivity contribution < 1.29 is 9.53 Å². The summed E-state index contributed by atoms with van der Waals surface area (Å²) >= 11 is 0. The van der Waals surface area contributed by atoms with Gasteiger partial charge in [0.1, 0.15) is 6.61 Å². The van der Waals surface area contributed by atoms with Gasteiger partial charge < -0.3 is 10.5 Å². The van der Waals surface area contributed by atoms with Crippen molar-refractivity contribution in [3.63, 3.8) is 0 Å². The molecule has 0 heterocycles. The molecule has 3 nitrogen and oxygen atoms in total. The van der Waals surface area contributed by atoms with E-state index in [0.717, 1.165) is 6.42 Å². The van der Waals surface area contributed by atoms with E-state index in [1.807, 2.05) is 6.92 Å². The van der Waals surface area contributed by atoms with Crippen LogP contribution in [-0.4, -0.2) is 18.6 Å². The Balaban J connectivity index is 3.22. The Hall–Kier alpha value is -0.570. The summed E-state index contributed by atoms with van der Waals surface area (Å²) in [5, 5.41) is 0. The highest BCUT2D eigenvalue weighted by Crippen LogP contribution is 1.91. The number of rotatable bonds is 4. The van der Waals surface area contributed by atoms with Crippen LogP contribution in [0.2, 0.25) is 0 Å². The fourth-order valence-corrected chi connectivity index (χ4v) is 0.501. The summed E-state index contributed by atoms with van der Waals surface area (Å²) in [6.45, 7) is 4.07. The van der Waals surface area contributed by atoms with E-state index in [2.05, 4.69) is 0 Å². The topological polar surface area (TPSA) is 52.3 Å². The van der Waals surface area contributed by atoms with Gasteiger partial charge >= 0.3 is 5.97 Å². The van der Waals surface area contributed by atoms with Crippen LogP contribution in [0.3, 0.4) is 0 Å². The SMILES string of the molecule is CCCC(=O)OC[C@H](C)N. The molecule has 0 fully saturated rings. The van der Waals surface area contributed by atoms with Crippen molar-refractivity contribution in [2.45, 2.75) is 32.7 Å². The first-order chi connectivity index (χ1) is 4.66. The van der Waals surface area contributed by atoms with E-state index in [9.17, 15) is 4.79 Å². The molecule has 0 spiro atoms. The van der Waals surface area contributed by atoms with Gasteiger partial charge in [-0.2, -0.15) is 0 Å². The molecule has 0 aliphatic carbocycles. The predicted octanol–water partition coefficient (Wildman–Crippen LogP) is 0.677. The molecule has 2 N–H and O–H groups in total. The third kappa shape index (κ3) is 5.56. The van der Waals surface area contributed by atoms with Crippen LogP contribution in [0.5, 0.6) is 0 Å². The Bertz CT molecular complexity index is 102. The molecule has 0 bridgehead atoms. The molecule has 0 saturated carbocycles. The van der Waals surface area contributed by atoms with Crippen molar-refractivity contribution in [2.75, 3.05) is 6.61 Å². The lowest BCUT2D eigenvalue weighted by atomic mass is 10.3. The van der Waals surface area contributed by atoms with Gasteiger partial charge in [-0.15, -0.1) is 0 Å². The van der Waals surface area contributed by atoms with Gasteiger partial charge in [0, 0.05) is 12.5 Å². The molecule has 3 heteroatoms. The van der Waals surface area contributed by atoms with Crippen LogP contribution in [0.15, 0.2) is 0 Å². The van der Waals surface area contributed by atoms with Crippen molar-refractivity contribution in [1.29, 1.82) is 0 Å². The number of ether oxygens (including phenoxy) is 1. The Labute approximate surface area is 61.5 Å². The van der Waals surface area contributed by atoms with Crippen molar-refractivity contribution in [3.8, 4) is 0 Å². The van der Waals surface area contributed by atoms with E-state index in [4.69, 9.17) is 10.5 Å². The largest absolute Gasteiger partial charge is 0.464 e. The smallest absolute Gasteiger partial charge is 0.305 e. The molecular weight excluding hydrogens is 130 g/mol. The summed E-state index contributed by atoms with van der Waals surface area (Å²) in [5.41, 5.74) is 5.36. The highest BCUT2D eigenvalue weighted by molar-refractivity contribution is 5.69. The summed E-state index contributed by atoms with van der Waals surface area (Å²) < 4.78 is 4.78. The molecule has 0 saturated heterocycles. The van der Waals surface area contributed by atoms with Crippen molar-refractivity contribution in [1.82, 2.24) is 0 Å². The monoisotopic (exact) mass is 145 g/mol. The minimum absolute atomic E-state index is 0.0548. The second kappa shape index (κ2) is 5.23. The van der Waals surface area contributed by atoms with Gasteiger partial charge in [0.25, 0.3) is 0 Å². The van der Waals surface area contributed by atoms with Crippen molar-refractivity contribution >= 4 is 5.97 Å². The van der Waals surface area contributed by atoms with E-state index in [-0.39, 0.29) is 12.0 Å². The molecular formula is C7H15NO2. The second-order valence-corrected chi connectivity index (χ2v) is 2.41. The van der Waals surface area contributed by atoms with E-state index in [1.165, 1.54) is 0 Å². The number of carbonyl (C=O) groups excluding carboxylic acids is 1. The summed E-state index contributed by atoms with van der Waals surface area (Å²) in [6, 6.07) is -0.0548. The van der Waals surface area contributed by atoms with Crippen LogP contribution in [0.4, 0.5) is 0 Å². The molecule has 10 heavy (non-hydrogen) atoms. The first-order valence-corrected chi connectivity index (χ1v) is 3.58. The third-order valence-electron chi connectivity index (χ3n) is 0.961. The predicted molar refractivity (Wildman–Crippen MR) is 39.5 cm³/mol. The van der Waals surface area contributed by atoms with Gasteiger partial charge in [0.15, 0.2) is 0 Å². The molecule has 0 aromatic carbocycles. The van der Waals surface area contributed by atoms with E-state index < -0.39 is 0 Å². The number of nitrogens with two attached hydrogens (primary N) is 1. The molecule has 0 radical (unpaired) electrons. The molecule has 0 aromatic heterocycles. The van der Waals surface area contributed by atoms with Crippen LogP contribution in [0.25, 0.3) is 0 Å². The second-order valence-electron chi connectivity index (χ2n) is 2.41. The number of hydrogen-bond acceptors (Lipinski definition) is 3. The zero-order valence-electron chi connectivity index (χ0n) is 6.59. The number of hydrogen-bond donors (Lipinski definition) is 1. The minimum atomic E-state index is -0.153. The molecule has 60 valence electrons. The fourth-order valence-electron chi connectivity index (χ4n) is 0.501. The average Bonchev–Trinajstić information content (AvgIpc) is 1.85. The highest BCUT2D eigenvalue weighted by Gasteiger charge is 2.01. The Morgan fingerprint density at radius 3 is 2.70 bits per heavy atom. The Morgan fingerprint density at radius 1 is 1.70 bits per heavy atom. The van der Waals surface area contributed by atoms with Crippen LogP contribution >= 0.6 is 0 Å². The summed E-state index contributed by atoms with van der Waals surface area (Å²) in [7, 11) is 0. The standard InChI is InChI=1S/C7H15NO2/c1-3-4-7(9)10-5-6(2)8/h6H,3-5,8H2,1-2H3/t6-/m0/s1. The number of carbonyl (C=O) groups is 1. The van der Waals surface area contributed by atoms with Gasteiger partial charge in [0.2, 0.25) is 0 Å². The zero-order chi connectivity index (χ0) is 7.98. The van der Waals surface area contributed by atoms with Crippen molar-refractivity contribution in [2.24, 2.45) is 5.73 Å². The Kier molecular flexibility index (Phi) is 4.94. The maximum absolute atomic E-state index is 10.7. The van der Waals surface area contributed by atoms with E-state index >= 15 is 0 Å². The maximum atomic E-state index is 10.7. The molecule has 0 rings (SSSR count). The van der Waals surface area contributed by atoms with Gasteiger partial charge in [-0.05, 0) is 13.3 Å². The third-order valence-corrected chi connectivity index (χ3v) is 0.961. The normalized spacial score (nSPS) is 12.7. The van der Waals surface area contributed by atoms with Crippen LogP contribution in [0.1, 0.15) is 26.7 Å². The summed E-state index contributed by atoms with van der Waals surface area (Å²) in [6.07, 6.45) is 1.32. The van der Waals surface area contributed by atoms with Gasteiger partial charge in [0.05, 0.1) is 0 Å². The van der Waals surface area contributed by atoms with Crippen LogP contribution in [0, 0.1) is 0 Å². The lowest BCUT2D eigenvalue weighted by molar-refractivity contribution is -0.144. The number of esters is 1. The quantitative estimate of drug-likeness (QED) is 0.592. The first kappa shape index (κ1) is 9.43. The summed E-state index contributed by atoms with van der Waals surface area (Å²) in [5.74, 6) is -0.153. The van der Waals surface area contributed by atoms with E-state index in [0.29, 0.717) is 13.0 Å². The van der Waals surface area contributed by atoms with Crippen LogP contribution < -0.4 is 5.73 Å². The molecule has 0 unspecified atom stereocenters. The lowest BCUT2D eigenvalue weighted by Gasteiger charge is -2.05. The van der Waals surface area contributed by atoms with Crippen molar-refractivity contribution in [3.05, 3.63) is 0 Å². The molecule has 1 atom stereocenters. The minimum Gasteiger partial charge on any atom is -0.464 e. The zero-order valence-corrected chi connectivity index (χ0v) is 6.59. The van der Waals surface area contributed by atoms with Gasteiger partial charge in [-0.1, -0.05) is 6.92 Å². The van der Waals surface area contributed by atoms with Gasteiger partial charge in [-0.25, -0.2) is 0 Å². The lowest BCUT2D eigenvalue weighted by Crippen LogP contribution is -2.23. The summed E-state index contributed by atoms with van der Waals surface area (Å²) in [4.78, 5) is 10.7. The molecule has 0 aromatic rings. The van der Waals surface area contributed by atoms with Gasteiger partial charge in [-0.3, -0.25) is 4.79 Å². The Morgan fingerprint density at radius 2 is 2.30 bits per heavy atom. The molecule has 0 aliphatic heterocycles. The molecule has 0 amide bonds. The maximum Gasteiger partial charge on any atom is 0.305 e. The molecule has 0 aliphatic rings. The average molecular weight is 145 g/mol. The van der Waals surface area contributed by atoms with Crippen LogP contribution in [-0.2, 0) is 9.53 Å².